The first-order valence-electron chi connectivity index (χ1n) is 14.2. The highest BCUT2D eigenvalue weighted by atomic mass is 35.5. The smallest absolute Gasteiger partial charge is 0.326 e. The zero-order valence-electron chi connectivity index (χ0n) is 25.1. The molecule has 2 aliphatic heterocycles. The number of imide groups is 1. The van der Waals surface area contributed by atoms with Crippen LogP contribution in [0.4, 0.5) is 14.9 Å². The molecule has 13 heteroatoms. The first-order chi connectivity index (χ1) is 21.4. The number of nitrogens with one attached hydrogen (secondary N) is 2. The maximum absolute atomic E-state index is 15.6. The fraction of sp³-hybridized carbons (Fsp3) is 0.312. The molecule has 5 amide bonds. The number of likely N-dealkylation sites (N-methyl/N-ethyl adjacent to an activating group) is 1. The van der Waals surface area contributed by atoms with E-state index in [9.17, 15) is 19.2 Å². The summed E-state index contributed by atoms with van der Waals surface area (Å²) < 4.78 is 21.2. The molecular formula is C32H32Cl2FN5O5. The number of halogens is 3. The number of carbonyl (C=O) groups is 4. The fourth-order valence-corrected chi connectivity index (χ4v) is 6.22. The number of benzene rings is 3. The molecule has 0 aromatic heterocycles. The normalized spacial score (nSPS) is 18.4. The van der Waals surface area contributed by atoms with Crippen LogP contribution in [-0.2, 0) is 20.9 Å². The highest BCUT2D eigenvalue weighted by Crippen LogP contribution is 2.42. The van der Waals surface area contributed by atoms with Crippen molar-refractivity contribution in [2.24, 2.45) is 5.92 Å². The van der Waals surface area contributed by atoms with Gasteiger partial charge in [-0.1, -0.05) is 53.5 Å². The predicted octanol–water partition coefficient (Wildman–Crippen LogP) is 4.87. The summed E-state index contributed by atoms with van der Waals surface area (Å²) in [6, 6.07) is 12.9. The second-order valence-corrected chi connectivity index (χ2v) is 11.9. The number of anilines is 1. The van der Waals surface area contributed by atoms with Crippen molar-refractivity contribution in [1.29, 1.82) is 0 Å². The average Bonchev–Trinajstić information content (AvgIpc) is 3.46. The molecule has 0 aliphatic carbocycles. The van der Waals surface area contributed by atoms with E-state index >= 15 is 4.39 Å². The van der Waals surface area contributed by atoms with E-state index in [0.29, 0.717) is 51.6 Å². The Balaban J connectivity index is 1.43. The van der Waals surface area contributed by atoms with Crippen molar-refractivity contribution in [3.63, 3.8) is 0 Å². The van der Waals surface area contributed by atoms with Crippen molar-refractivity contribution in [2.75, 3.05) is 46.7 Å². The molecule has 3 aromatic carbocycles. The monoisotopic (exact) mass is 655 g/mol. The minimum Gasteiger partial charge on any atom is -0.496 e. The van der Waals surface area contributed by atoms with Gasteiger partial charge in [0.2, 0.25) is 17.7 Å². The topological polar surface area (TPSA) is 111 Å². The molecule has 45 heavy (non-hydrogen) atoms. The van der Waals surface area contributed by atoms with E-state index in [0.717, 1.165) is 4.90 Å². The van der Waals surface area contributed by atoms with Crippen LogP contribution in [0.2, 0.25) is 10.0 Å². The molecule has 1 unspecified atom stereocenters. The molecule has 0 radical (unpaired) electrons. The van der Waals surface area contributed by atoms with E-state index in [2.05, 4.69) is 10.6 Å². The molecule has 3 aromatic rings. The van der Waals surface area contributed by atoms with Gasteiger partial charge >= 0.3 is 6.03 Å². The molecule has 0 bridgehead atoms. The molecule has 236 valence electrons. The lowest BCUT2D eigenvalue weighted by Gasteiger charge is -2.33. The summed E-state index contributed by atoms with van der Waals surface area (Å²) >= 11 is 13.7. The average molecular weight is 657 g/mol. The molecular weight excluding hydrogens is 624 g/mol. The van der Waals surface area contributed by atoms with Gasteiger partial charge in [-0.3, -0.25) is 24.2 Å². The van der Waals surface area contributed by atoms with E-state index in [1.54, 1.807) is 42.5 Å². The molecule has 10 nitrogen and oxygen atoms in total. The Morgan fingerprint density at radius 3 is 2.40 bits per heavy atom. The zero-order valence-corrected chi connectivity index (χ0v) is 26.6. The maximum atomic E-state index is 15.6. The summed E-state index contributed by atoms with van der Waals surface area (Å²) in [7, 11) is 6.14. The first kappa shape index (κ1) is 32.2. The van der Waals surface area contributed by atoms with Crippen molar-refractivity contribution in [3.8, 4) is 28.0 Å². The Hall–Kier alpha value is -4.19. The molecule has 0 saturated carbocycles. The van der Waals surface area contributed by atoms with E-state index in [1.165, 1.54) is 32.2 Å². The van der Waals surface area contributed by atoms with Crippen LogP contribution >= 0.6 is 23.2 Å². The van der Waals surface area contributed by atoms with Gasteiger partial charge in [-0.2, -0.15) is 0 Å². The molecule has 2 saturated heterocycles. The van der Waals surface area contributed by atoms with Crippen LogP contribution < -0.4 is 15.4 Å². The van der Waals surface area contributed by atoms with Crippen LogP contribution in [0.1, 0.15) is 12.0 Å². The zero-order chi connectivity index (χ0) is 32.6. The van der Waals surface area contributed by atoms with Gasteiger partial charge in [-0.05, 0) is 30.8 Å². The molecule has 2 fully saturated rings. The van der Waals surface area contributed by atoms with Crippen LogP contribution in [-0.4, -0.2) is 85.8 Å². The molecule has 2 N–H and O–H groups in total. The predicted molar refractivity (Wildman–Crippen MR) is 170 cm³/mol. The highest BCUT2D eigenvalue weighted by Gasteiger charge is 2.39. The van der Waals surface area contributed by atoms with E-state index < -0.39 is 29.6 Å². The standard InChI is InChI=1S/C32H32Cl2FN5O5/c1-38(18-13-27(41)36-14-18)15-22-24(35)11-17(12-26(22)45-4)19-7-5-8-20(28(19)33)21-9-6-10-25(29(21)34)37-30(42)23-16-39(2)32(44)40(3)31(23)43/h5-12,18,23H,13-16H2,1-4H3,(H,36,41)(H,37,42)/t18-,23?/m0/s1. The SMILES string of the molecule is COc1cc(-c2cccc(-c3cccc(NC(=O)C4CN(C)C(=O)N(C)C4=O)c3Cl)c2Cl)cc(F)c1CN(C)[C@@H]1CNC(=O)C1. The number of nitrogens with zero attached hydrogens (tertiary/aromatic N) is 3. The lowest BCUT2D eigenvalue weighted by atomic mass is 9.96. The van der Waals surface area contributed by atoms with Gasteiger partial charge in [0.05, 0.1) is 22.8 Å². The van der Waals surface area contributed by atoms with Gasteiger partial charge < -0.3 is 20.3 Å². The summed E-state index contributed by atoms with van der Waals surface area (Å²) in [6.07, 6.45) is 0.350. The van der Waals surface area contributed by atoms with Crippen LogP contribution in [0, 0.1) is 11.7 Å². The minimum absolute atomic E-state index is 0.0325. The number of methoxy groups -OCH3 is 1. The van der Waals surface area contributed by atoms with Crippen LogP contribution in [0.3, 0.4) is 0 Å². The van der Waals surface area contributed by atoms with Gasteiger partial charge in [-0.25, -0.2) is 9.18 Å². The van der Waals surface area contributed by atoms with Crippen molar-refractivity contribution in [3.05, 3.63) is 70.0 Å². The number of amides is 5. The lowest BCUT2D eigenvalue weighted by molar-refractivity contribution is -0.140. The number of hydrogen-bond acceptors (Lipinski definition) is 6. The van der Waals surface area contributed by atoms with Gasteiger partial charge in [0.1, 0.15) is 17.5 Å². The Morgan fingerprint density at radius 2 is 1.73 bits per heavy atom. The molecule has 5 rings (SSSR count). The fourth-order valence-electron chi connectivity index (χ4n) is 5.61. The second kappa shape index (κ2) is 13.0. The van der Waals surface area contributed by atoms with Gasteiger partial charge in [0.25, 0.3) is 0 Å². The second-order valence-electron chi connectivity index (χ2n) is 11.2. The third-order valence-corrected chi connectivity index (χ3v) is 9.05. The lowest BCUT2D eigenvalue weighted by Crippen LogP contribution is -2.56. The van der Waals surface area contributed by atoms with Crippen LogP contribution in [0.25, 0.3) is 22.3 Å². The Morgan fingerprint density at radius 1 is 1.07 bits per heavy atom. The quantitative estimate of drug-likeness (QED) is 0.335. The number of hydrogen-bond donors (Lipinski definition) is 2. The van der Waals surface area contributed by atoms with Gasteiger partial charge in [0, 0.05) is 68.4 Å². The third-order valence-electron chi connectivity index (χ3n) is 8.23. The first-order valence-corrected chi connectivity index (χ1v) is 14.9. The molecule has 2 atom stereocenters. The van der Waals surface area contributed by atoms with E-state index in [1.807, 2.05) is 11.9 Å². The summed E-state index contributed by atoms with van der Waals surface area (Å²) in [5.41, 5.74) is 2.68. The third kappa shape index (κ3) is 6.33. The summed E-state index contributed by atoms with van der Waals surface area (Å²) in [4.78, 5) is 53.6. The van der Waals surface area contributed by atoms with E-state index in [4.69, 9.17) is 27.9 Å². The number of urea groups is 1. The maximum Gasteiger partial charge on any atom is 0.326 e. The Kier molecular flexibility index (Phi) is 9.33. The molecule has 2 heterocycles. The van der Waals surface area contributed by atoms with Crippen molar-refractivity contribution < 1.29 is 28.3 Å². The largest absolute Gasteiger partial charge is 0.496 e. The molecule has 0 spiro atoms. The van der Waals surface area contributed by atoms with E-state index in [-0.39, 0.29) is 35.7 Å². The van der Waals surface area contributed by atoms with Crippen molar-refractivity contribution in [1.82, 2.24) is 20.0 Å². The van der Waals surface area contributed by atoms with Crippen LogP contribution in [0.15, 0.2) is 48.5 Å². The Bertz CT molecular complexity index is 1700. The number of rotatable bonds is 8. The summed E-state index contributed by atoms with van der Waals surface area (Å²) in [5.74, 6) is -2.48. The number of ether oxygens (including phenoxy) is 1. The summed E-state index contributed by atoms with van der Waals surface area (Å²) in [5, 5.41) is 6.00. The van der Waals surface area contributed by atoms with Crippen molar-refractivity contribution >= 4 is 52.6 Å². The minimum atomic E-state index is -1.10. The number of carbonyl (C=O) groups excluding carboxylic acids is 4. The summed E-state index contributed by atoms with van der Waals surface area (Å²) in [6.45, 7) is 0.680. The van der Waals surface area contributed by atoms with Gasteiger partial charge in [-0.15, -0.1) is 0 Å². The van der Waals surface area contributed by atoms with Gasteiger partial charge in [0.15, 0.2) is 0 Å². The molecule has 2 aliphatic rings. The Labute approximate surface area is 270 Å². The highest BCUT2D eigenvalue weighted by molar-refractivity contribution is 6.39. The van der Waals surface area contributed by atoms with Crippen LogP contribution in [0.5, 0.6) is 5.75 Å². The van der Waals surface area contributed by atoms with Crippen molar-refractivity contribution in [2.45, 2.75) is 19.0 Å².